The number of nitriles is 1. The van der Waals surface area contributed by atoms with Gasteiger partial charge in [0.05, 0.1) is 11.3 Å². The van der Waals surface area contributed by atoms with Gasteiger partial charge in [-0.3, -0.25) is 0 Å². The van der Waals surface area contributed by atoms with Crippen molar-refractivity contribution >= 4 is 11.7 Å². The van der Waals surface area contributed by atoms with E-state index in [4.69, 9.17) is 0 Å². The van der Waals surface area contributed by atoms with Gasteiger partial charge in [0, 0.05) is 6.54 Å². The van der Waals surface area contributed by atoms with Crippen LogP contribution in [0.25, 0.3) is 0 Å². The van der Waals surface area contributed by atoms with E-state index in [1.54, 1.807) is 0 Å². The zero-order chi connectivity index (χ0) is 14.0. The van der Waals surface area contributed by atoms with Crippen molar-refractivity contribution in [2.45, 2.75) is 32.7 Å². The maximum Gasteiger partial charge on any atom is 0.326 e. The first-order valence-corrected chi connectivity index (χ1v) is 6.53. The number of carboxylic acid groups (broad SMARTS) is 1. The number of carboxylic acids is 1. The van der Waals surface area contributed by atoms with Crippen molar-refractivity contribution < 1.29 is 9.90 Å². The van der Waals surface area contributed by atoms with Gasteiger partial charge in [-0.25, -0.2) is 4.79 Å². The number of benzene rings is 1. The Morgan fingerprint density at radius 3 is 2.89 bits per heavy atom. The van der Waals surface area contributed by atoms with E-state index >= 15 is 0 Å². The number of anilines is 1. The summed E-state index contributed by atoms with van der Waals surface area (Å²) in [5.41, 5.74) is 2.31. The summed E-state index contributed by atoms with van der Waals surface area (Å²) < 4.78 is 0. The molecule has 0 saturated carbocycles. The summed E-state index contributed by atoms with van der Waals surface area (Å²) in [5.74, 6) is -0.399. The Balaban J connectivity index is 2.39. The van der Waals surface area contributed by atoms with Gasteiger partial charge in [0.15, 0.2) is 0 Å². The maximum atomic E-state index is 11.4. The number of aliphatic carboxylic acids is 1. The molecule has 1 aromatic carbocycles. The van der Waals surface area contributed by atoms with Gasteiger partial charge in [-0.05, 0) is 43.4 Å². The molecule has 1 heterocycles. The molecule has 4 heteroatoms. The van der Waals surface area contributed by atoms with E-state index in [2.05, 4.69) is 13.0 Å². The molecule has 2 rings (SSSR count). The summed E-state index contributed by atoms with van der Waals surface area (Å²) in [7, 11) is 0. The molecule has 4 nitrogen and oxygen atoms in total. The number of carbonyl (C=O) groups is 1. The number of hydrogen-bond acceptors (Lipinski definition) is 3. The number of aryl methyl sites for hydroxylation is 1. The number of piperidine rings is 1. The zero-order valence-electron chi connectivity index (χ0n) is 11.3. The smallest absolute Gasteiger partial charge is 0.326 e. The molecule has 0 aromatic heterocycles. The standard InChI is InChI=1S/C15H18N2O2/c1-10-3-4-13(12(7-10)9-16)17-6-5-11(2)8-14(17)15(18)19/h3-4,7,11,14H,5-6,8H2,1-2H3,(H,18,19). The molecule has 100 valence electrons. The minimum Gasteiger partial charge on any atom is -0.480 e. The maximum absolute atomic E-state index is 11.4. The van der Waals surface area contributed by atoms with Gasteiger partial charge in [0.2, 0.25) is 0 Å². The summed E-state index contributed by atoms with van der Waals surface area (Å²) >= 11 is 0. The fraction of sp³-hybridized carbons (Fsp3) is 0.467. The van der Waals surface area contributed by atoms with Crippen molar-refractivity contribution in [1.82, 2.24) is 0 Å². The van der Waals surface area contributed by atoms with Gasteiger partial charge in [0.25, 0.3) is 0 Å². The number of rotatable bonds is 2. The lowest BCUT2D eigenvalue weighted by molar-refractivity contribution is -0.139. The van der Waals surface area contributed by atoms with Crippen LogP contribution in [0.3, 0.4) is 0 Å². The van der Waals surface area contributed by atoms with Gasteiger partial charge < -0.3 is 10.0 Å². The van der Waals surface area contributed by atoms with Gasteiger partial charge in [-0.1, -0.05) is 13.0 Å². The Morgan fingerprint density at radius 1 is 1.53 bits per heavy atom. The Kier molecular flexibility index (Phi) is 3.75. The molecule has 0 radical (unpaired) electrons. The lowest BCUT2D eigenvalue weighted by Gasteiger charge is -2.38. The summed E-state index contributed by atoms with van der Waals surface area (Å²) in [6, 6.07) is 7.24. The minimum absolute atomic E-state index is 0.410. The van der Waals surface area contributed by atoms with Crippen molar-refractivity contribution in [1.29, 1.82) is 5.26 Å². The lowest BCUT2D eigenvalue weighted by atomic mass is 9.91. The van der Waals surface area contributed by atoms with E-state index in [0.717, 1.165) is 17.7 Å². The first kappa shape index (κ1) is 13.4. The second-order valence-corrected chi connectivity index (χ2v) is 5.31. The highest BCUT2D eigenvalue weighted by molar-refractivity contribution is 5.79. The van der Waals surface area contributed by atoms with Crippen molar-refractivity contribution in [3.63, 3.8) is 0 Å². The van der Waals surface area contributed by atoms with Crippen molar-refractivity contribution in [2.75, 3.05) is 11.4 Å². The predicted octanol–water partition coefficient (Wildman–Crippen LogP) is 2.56. The topological polar surface area (TPSA) is 64.3 Å². The van der Waals surface area contributed by atoms with E-state index in [0.29, 0.717) is 24.4 Å². The van der Waals surface area contributed by atoms with Crippen LogP contribution in [0.4, 0.5) is 5.69 Å². The largest absolute Gasteiger partial charge is 0.480 e. The normalized spacial score (nSPS) is 22.9. The third-order valence-corrected chi connectivity index (χ3v) is 3.73. The average molecular weight is 258 g/mol. The molecule has 1 fully saturated rings. The fourth-order valence-corrected chi connectivity index (χ4v) is 2.65. The van der Waals surface area contributed by atoms with Crippen LogP contribution in [0.1, 0.15) is 30.9 Å². The molecule has 1 aliphatic heterocycles. The van der Waals surface area contributed by atoms with Crippen LogP contribution in [0.2, 0.25) is 0 Å². The van der Waals surface area contributed by atoms with Gasteiger partial charge in [-0.15, -0.1) is 0 Å². The molecule has 2 unspecified atom stereocenters. The molecule has 1 aliphatic rings. The second kappa shape index (κ2) is 5.31. The Labute approximate surface area is 113 Å². The Hall–Kier alpha value is -2.02. The molecule has 0 amide bonds. The van der Waals surface area contributed by atoms with Crippen LogP contribution in [0.15, 0.2) is 18.2 Å². The number of hydrogen-bond donors (Lipinski definition) is 1. The highest BCUT2D eigenvalue weighted by atomic mass is 16.4. The molecule has 2 atom stereocenters. The monoisotopic (exact) mass is 258 g/mol. The molecule has 0 spiro atoms. The third kappa shape index (κ3) is 2.70. The molecular weight excluding hydrogens is 240 g/mol. The second-order valence-electron chi connectivity index (χ2n) is 5.31. The van der Waals surface area contributed by atoms with Crippen LogP contribution in [0, 0.1) is 24.2 Å². The van der Waals surface area contributed by atoms with E-state index < -0.39 is 12.0 Å². The first-order chi connectivity index (χ1) is 9.02. The molecular formula is C15H18N2O2. The Morgan fingerprint density at radius 2 is 2.26 bits per heavy atom. The fourth-order valence-electron chi connectivity index (χ4n) is 2.65. The summed E-state index contributed by atoms with van der Waals surface area (Å²) in [5, 5.41) is 18.6. The van der Waals surface area contributed by atoms with Crippen LogP contribution in [0.5, 0.6) is 0 Å². The van der Waals surface area contributed by atoms with Crippen LogP contribution < -0.4 is 4.90 Å². The van der Waals surface area contributed by atoms with Crippen LogP contribution >= 0.6 is 0 Å². The summed E-state index contributed by atoms with van der Waals surface area (Å²) in [4.78, 5) is 13.3. The molecule has 1 N–H and O–H groups in total. The highest BCUT2D eigenvalue weighted by Crippen LogP contribution is 2.30. The number of nitrogens with zero attached hydrogens (tertiary/aromatic N) is 2. The van der Waals surface area contributed by atoms with Crippen molar-refractivity contribution in [3.8, 4) is 6.07 Å². The zero-order valence-corrected chi connectivity index (χ0v) is 11.3. The first-order valence-electron chi connectivity index (χ1n) is 6.53. The predicted molar refractivity (Wildman–Crippen MR) is 73.1 cm³/mol. The SMILES string of the molecule is Cc1ccc(N2CCC(C)CC2C(=O)O)c(C#N)c1. The van der Waals surface area contributed by atoms with E-state index in [9.17, 15) is 15.2 Å². The van der Waals surface area contributed by atoms with Crippen LogP contribution in [-0.4, -0.2) is 23.7 Å². The molecule has 1 aromatic rings. The molecule has 1 saturated heterocycles. The Bertz CT molecular complexity index is 533. The lowest BCUT2D eigenvalue weighted by Crippen LogP contribution is -2.47. The van der Waals surface area contributed by atoms with Crippen LogP contribution in [-0.2, 0) is 4.79 Å². The van der Waals surface area contributed by atoms with Gasteiger partial charge in [0.1, 0.15) is 12.1 Å². The molecule has 19 heavy (non-hydrogen) atoms. The van der Waals surface area contributed by atoms with E-state index in [1.807, 2.05) is 30.0 Å². The molecule has 0 bridgehead atoms. The highest BCUT2D eigenvalue weighted by Gasteiger charge is 2.32. The quantitative estimate of drug-likeness (QED) is 0.885. The molecule has 0 aliphatic carbocycles. The summed E-state index contributed by atoms with van der Waals surface area (Å²) in [6.45, 7) is 4.70. The van der Waals surface area contributed by atoms with Crippen molar-refractivity contribution in [2.24, 2.45) is 5.92 Å². The van der Waals surface area contributed by atoms with E-state index in [-0.39, 0.29) is 0 Å². The van der Waals surface area contributed by atoms with E-state index in [1.165, 1.54) is 0 Å². The van der Waals surface area contributed by atoms with Gasteiger partial charge in [-0.2, -0.15) is 5.26 Å². The third-order valence-electron chi connectivity index (χ3n) is 3.73. The van der Waals surface area contributed by atoms with Gasteiger partial charge >= 0.3 is 5.97 Å². The minimum atomic E-state index is -0.809. The summed E-state index contributed by atoms with van der Waals surface area (Å²) in [6.07, 6.45) is 1.59. The van der Waals surface area contributed by atoms with Crippen molar-refractivity contribution in [3.05, 3.63) is 29.3 Å². The average Bonchev–Trinajstić information content (AvgIpc) is 2.38.